The van der Waals surface area contributed by atoms with Gasteiger partial charge in [-0.1, -0.05) is 30.3 Å². The summed E-state index contributed by atoms with van der Waals surface area (Å²) in [5, 5.41) is 4.04. The molecule has 0 aliphatic heterocycles. The highest BCUT2D eigenvalue weighted by atomic mass is 32.1. The molecule has 0 aliphatic rings. The lowest BCUT2D eigenvalue weighted by Gasteiger charge is -2.09. The summed E-state index contributed by atoms with van der Waals surface area (Å²) in [5.74, 6) is 1.40. The molecule has 3 N–H and O–H groups in total. The van der Waals surface area contributed by atoms with Gasteiger partial charge in [-0.2, -0.15) is 5.10 Å². The van der Waals surface area contributed by atoms with E-state index >= 15 is 0 Å². The first kappa shape index (κ1) is 15.8. The number of nitrogens with one attached hydrogen (secondary N) is 1. The van der Waals surface area contributed by atoms with Crippen LogP contribution in [0.5, 0.6) is 11.5 Å². The number of thiocarbonyl (C=S) groups is 1. The van der Waals surface area contributed by atoms with Crippen LogP contribution in [-0.2, 0) is 6.61 Å². The number of nitrogens with two attached hydrogens (primary N) is 1. The minimum atomic E-state index is 0.103. The maximum atomic E-state index is 5.77. The van der Waals surface area contributed by atoms with Crippen LogP contribution in [0.25, 0.3) is 0 Å². The highest BCUT2D eigenvalue weighted by molar-refractivity contribution is 7.80. The molecule has 0 fully saturated rings. The van der Waals surface area contributed by atoms with Crippen LogP contribution in [-0.4, -0.2) is 18.4 Å². The number of nitrogens with zero attached hydrogens (tertiary/aromatic N) is 1. The third kappa shape index (κ3) is 4.75. The smallest absolute Gasteiger partial charge is 0.184 e. The van der Waals surface area contributed by atoms with Crippen molar-refractivity contribution < 1.29 is 9.47 Å². The molecule has 0 unspecified atom stereocenters. The highest BCUT2D eigenvalue weighted by Gasteiger charge is 2.04. The largest absolute Gasteiger partial charge is 0.496 e. The molecule has 0 amide bonds. The van der Waals surface area contributed by atoms with Gasteiger partial charge in [0.05, 0.1) is 13.3 Å². The summed E-state index contributed by atoms with van der Waals surface area (Å²) in [6.45, 7) is 0.495. The van der Waals surface area contributed by atoms with Crippen molar-refractivity contribution in [3.8, 4) is 11.5 Å². The van der Waals surface area contributed by atoms with E-state index in [0.717, 1.165) is 16.9 Å². The lowest BCUT2D eigenvalue weighted by Crippen LogP contribution is -2.24. The molecule has 2 aromatic carbocycles. The van der Waals surface area contributed by atoms with Crippen molar-refractivity contribution in [3.63, 3.8) is 0 Å². The molecular weight excluding hydrogens is 298 g/mol. The summed E-state index contributed by atoms with van der Waals surface area (Å²) < 4.78 is 11.1. The monoisotopic (exact) mass is 315 g/mol. The van der Waals surface area contributed by atoms with Gasteiger partial charge in [0.1, 0.15) is 18.1 Å². The Labute approximate surface area is 134 Å². The molecule has 114 valence electrons. The Morgan fingerprint density at radius 1 is 1.27 bits per heavy atom. The fraction of sp³-hybridized carbons (Fsp3) is 0.125. The number of hydrazone groups is 1. The normalized spacial score (nSPS) is 10.4. The van der Waals surface area contributed by atoms with Crippen molar-refractivity contribution in [3.05, 3.63) is 59.7 Å². The Morgan fingerprint density at radius 3 is 2.73 bits per heavy atom. The van der Waals surface area contributed by atoms with Crippen LogP contribution in [0.3, 0.4) is 0 Å². The van der Waals surface area contributed by atoms with Crippen LogP contribution in [0.4, 0.5) is 0 Å². The van der Waals surface area contributed by atoms with Crippen molar-refractivity contribution in [2.75, 3.05) is 7.11 Å². The predicted molar refractivity (Wildman–Crippen MR) is 91.3 cm³/mol. The van der Waals surface area contributed by atoms with E-state index < -0.39 is 0 Å². The second-order valence-electron chi connectivity index (χ2n) is 4.41. The number of hydrogen-bond donors (Lipinski definition) is 2. The average molecular weight is 315 g/mol. The van der Waals surface area contributed by atoms with Crippen LogP contribution >= 0.6 is 12.2 Å². The second-order valence-corrected chi connectivity index (χ2v) is 4.85. The predicted octanol–water partition coefficient (Wildman–Crippen LogP) is 2.44. The molecule has 22 heavy (non-hydrogen) atoms. The SMILES string of the molecule is COc1ccc(OCc2ccccc2)cc1C=NNC(N)=S. The summed E-state index contributed by atoms with van der Waals surface area (Å²) in [6, 6.07) is 15.5. The molecule has 0 atom stereocenters. The standard InChI is InChI=1S/C16H17N3O2S/c1-20-15-8-7-14(9-13(15)10-18-19-16(17)22)21-11-12-5-3-2-4-6-12/h2-10H,11H2,1H3,(H3,17,19,22). The first-order valence-electron chi connectivity index (χ1n) is 6.62. The molecule has 0 saturated heterocycles. The van der Waals surface area contributed by atoms with Crippen molar-refractivity contribution in [2.45, 2.75) is 6.61 Å². The third-order valence-electron chi connectivity index (χ3n) is 2.83. The van der Waals surface area contributed by atoms with E-state index in [9.17, 15) is 0 Å². The molecule has 2 aromatic rings. The summed E-state index contributed by atoms with van der Waals surface area (Å²) in [5.41, 5.74) is 9.69. The Hall–Kier alpha value is -2.60. The van der Waals surface area contributed by atoms with Gasteiger partial charge in [0.25, 0.3) is 0 Å². The van der Waals surface area contributed by atoms with Gasteiger partial charge in [0, 0.05) is 5.56 Å². The van der Waals surface area contributed by atoms with Crippen molar-refractivity contribution >= 4 is 23.5 Å². The summed E-state index contributed by atoms with van der Waals surface area (Å²) in [7, 11) is 1.60. The zero-order valence-corrected chi connectivity index (χ0v) is 13.0. The van der Waals surface area contributed by atoms with E-state index in [-0.39, 0.29) is 5.11 Å². The minimum absolute atomic E-state index is 0.103. The van der Waals surface area contributed by atoms with Crippen LogP contribution in [0, 0.1) is 0 Å². The summed E-state index contributed by atoms with van der Waals surface area (Å²) in [4.78, 5) is 0. The first-order valence-corrected chi connectivity index (χ1v) is 7.03. The Kier molecular flexibility index (Phi) is 5.73. The fourth-order valence-electron chi connectivity index (χ4n) is 1.81. The molecule has 0 bridgehead atoms. The second kappa shape index (κ2) is 7.99. The Balaban J connectivity index is 2.09. The lowest BCUT2D eigenvalue weighted by molar-refractivity contribution is 0.305. The van der Waals surface area contributed by atoms with E-state index in [1.165, 1.54) is 0 Å². The zero-order valence-electron chi connectivity index (χ0n) is 12.2. The minimum Gasteiger partial charge on any atom is -0.496 e. The average Bonchev–Trinajstić information content (AvgIpc) is 2.54. The molecule has 0 saturated carbocycles. The van der Waals surface area contributed by atoms with Gasteiger partial charge < -0.3 is 15.2 Å². The van der Waals surface area contributed by atoms with E-state index in [2.05, 4.69) is 10.5 Å². The van der Waals surface area contributed by atoms with E-state index in [1.807, 2.05) is 48.5 Å². The number of ether oxygens (including phenoxy) is 2. The first-order chi connectivity index (χ1) is 10.7. The topological polar surface area (TPSA) is 68.9 Å². The molecule has 0 aromatic heterocycles. The van der Waals surface area contributed by atoms with E-state index in [0.29, 0.717) is 12.4 Å². The van der Waals surface area contributed by atoms with Crippen LogP contribution < -0.4 is 20.6 Å². The summed E-state index contributed by atoms with van der Waals surface area (Å²) >= 11 is 4.69. The van der Waals surface area contributed by atoms with Gasteiger partial charge >= 0.3 is 0 Å². The molecule has 0 aliphatic carbocycles. The molecule has 5 nitrogen and oxygen atoms in total. The lowest BCUT2D eigenvalue weighted by atomic mass is 10.2. The van der Waals surface area contributed by atoms with E-state index in [4.69, 9.17) is 27.4 Å². The maximum Gasteiger partial charge on any atom is 0.184 e. The van der Waals surface area contributed by atoms with Gasteiger partial charge in [-0.25, -0.2) is 0 Å². The van der Waals surface area contributed by atoms with Crippen LogP contribution in [0.2, 0.25) is 0 Å². The number of hydrogen-bond acceptors (Lipinski definition) is 4. The molecule has 0 heterocycles. The van der Waals surface area contributed by atoms with Gasteiger partial charge in [-0.15, -0.1) is 0 Å². The number of rotatable bonds is 6. The van der Waals surface area contributed by atoms with Crippen LogP contribution in [0.15, 0.2) is 53.6 Å². The summed E-state index contributed by atoms with van der Waals surface area (Å²) in [6.07, 6.45) is 1.58. The van der Waals surface area contributed by atoms with Crippen LogP contribution in [0.1, 0.15) is 11.1 Å². The number of methoxy groups -OCH3 is 1. The van der Waals surface area contributed by atoms with Crippen molar-refractivity contribution in [2.24, 2.45) is 10.8 Å². The Morgan fingerprint density at radius 2 is 2.05 bits per heavy atom. The fourth-order valence-corrected chi connectivity index (χ4v) is 1.86. The highest BCUT2D eigenvalue weighted by Crippen LogP contribution is 2.23. The van der Waals surface area contributed by atoms with Gasteiger partial charge in [-0.3, -0.25) is 5.43 Å². The quantitative estimate of drug-likeness (QED) is 0.487. The van der Waals surface area contributed by atoms with E-state index in [1.54, 1.807) is 13.3 Å². The molecule has 0 spiro atoms. The van der Waals surface area contributed by atoms with Crippen molar-refractivity contribution in [1.82, 2.24) is 5.43 Å². The van der Waals surface area contributed by atoms with Gasteiger partial charge in [-0.05, 0) is 36.0 Å². The van der Waals surface area contributed by atoms with Gasteiger partial charge in [0.2, 0.25) is 0 Å². The zero-order chi connectivity index (χ0) is 15.8. The maximum absolute atomic E-state index is 5.77. The molecule has 6 heteroatoms. The molecule has 0 radical (unpaired) electrons. The number of benzene rings is 2. The Bertz CT molecular complexity index is 660. The molecular formula is C16H17N3O2S. The van der Waals surface area contributed by atoms with Gasteiger partial charge in [0.15, 0.2) is 5.11 Å². The molecule has 2 rings (SSSR count). The third-order valence-corrected chi connectivity index (χ3v) is 2.92. The van der Waals surface area contributed by atoms with Crippen molar-refractivity contribution in [1.29, 1.82) is 0 Å².